The molecule has 1 heterocycles. The van der Waals surface area contributed by atoms with Crippen LogP contribution in [-0.2, 0) is 13.0 Å². The van der Waals surface area contributed by atoms with Gasteiger partial charge < -0.3 is 20.1 Å². The van der Waals surface area contributed by atoms with Crippen molar-refractivity contribution in [2.75, 3.05) is 26.1 Å². The topological polar surface area (TPSA) is 60.3 Å². The first kappa shape index (κ1) is 22.6. The number of nitrogens with one attached hydrogen (secondary N) is 2. The number of nitrogens with zero attached hydrogens (tertiary/aromatic N) is 2. The van der Waals surface area contributed by atoms with Gasteiger partial charge in [0.25, 0.3) is 0 Å². The molecule has 3 rings (SSSR count). The van der Waals surface area contributed by atoms with Crippen molar-refractivity contribution in [3.63, 3.8) is 0 Å². The van der Waals surface area contributed by atoms with Crippen molar-refractivity contribution in [1.29, 1.82) is 0 Å². The lowest BCUT2D eigenvalue weighted by Crippen LogP contribution is -2.30. The van der Waals surface area contributed by atoms with Crippen molar-refractivity contribution in [3.05, 3.63) is 70.5 Å². The molecule has 1 aromatic heterocycles. The smallest absolute Gasteiger partial charge is 0.170 e. The molecule has 0 unspecified atom stereocenters. The summed E-state index contributed by atoms with van der Waals surface area (Å²) in [4.78, 5) is 0. The second-order valence-electron chi connectivity index (χ2n) is 7.45. The zero-order valence-electron chi connectivity index (χ0n) is 18.8. The van der Waals surface area contributed by atoms with Gasteiger partial charge in [0.2, 0.25) is 0 Å². The van der Waals surface area contributed by atoms with Crippen LogP contribution in [-0.4, -0.2) is 35.7 Å². The molecule has 164 valence electrons. The second-order valence-corrected chi connectivity index (χ2v) is 7.86. The Morgan fingerprint density at radius 2 is 1.77 bits per heavy atom. The highest BCUT2D eigenvalue weighted by Gasteiger charge is 2.13. The summed E-state index contributed by atoms with van der Waals surface area (Å²) in [5.41, 5.74) is 6.61. The van der Waals surface area contributed by atoms with Crippen LogP contribution in [0, 0.1) is 20.8 Å². The molecule has 6 nitrogen and oxygen atoms in total. The molecular weight excluding hydrogens is 408 g/mol. The quantitative estimate of drug-likeness (QED) is 0.508. The van der Waals surface area contributed by atoms with Gasteiger partial charge in [-0.05, 0) is 68.2 Å². The number of benzene rings is 2. The third kappa shape index (κ3) is 5.55. The molecule has 31 heavy (non-hydrogen) atoms. The van der Waals surface area contributed by atoms with E-state index in [4.69, 9.17) is 26.8 Å². The highest BCUT2D eigenvalue weighted by molar-refractivity contribution is 7.80. The molecule has 0 atom stereocenters. The summed E-state index contributed by atoms with van der Waals surface area (Å²) >= 11 is 5.51. The average molecular weight is 439 g/mol. The minimum absolute atomic E-state index is 0.585. The normalized spacial score (nSPS) is 10.6. The number of anilines is 1. The fourth-order valence-electron chi connectivity index (χ4n) is 3.49. The summed E-state index contributed by atoms with van der Waals surface area (Å²) in [5.74, 6) is 1.46. The molecule has 0 saturated carbocycles. The van der Waals surface area contributed by atoms with E-state index in [1.165, 1.54) is 11.1 Å². The Balaban J connectivity index is 1.58. The second kappa shape index (κ2) is 10.3. The summed E-state index contributed by atoms with van der Waals surface area (Å²) in [7, 11) is 3.28. The Morgan fingerprint density at radius 1 is 1.03 bits per heavy atom. The van der Waals surface area contributed by atoms with Gasteiger partial charge in [-0.15, -0.1) is 0 Å². The SMILES string of the molecule is COc1ccc(CCNC(=S)Nc2c(C)nn(Cc3ccccc3C)c2C)cc1OC. The lowest BCUT2D eigenvalue weighted by atomic mass is 10.1. The standard InChI is InChI=1S/C24H30N4O2S/c1-16-8-6-7-9-20(16)15-28-18(3)23(17(2)27-28)26-24(31)25-13-12-19-10-11-21(29-4)22(14-19)30-5/h6-11,14H,12-13,15H2,1-5H3,(H2,25,26,31). The van der Waals surface area contributed by atoms with Gasteiger partial charge in [-0.2, -0.15) is 5.10 Å². The van der Waals surface area contributed by atoms with E-state index in [1.807, 2.05) is 29.8 Å². The number of hydrogen-bond acceptors (Lipinski definition) is 4. The highest BCUT2D eigenvalue weighted by Crippen LogP contribution is 2.27. The van der Waals surface area contributed by atoms with Crippen LogP contribution in [0.4, 0.5) is 5.69 Å². The third-order valence-electron chi connectivity index (χ3n) is 5.35. The van der Waals surface area contributed by atoms with Gasteiger partial charge in [0.05, 0.1) is 37.8 Å². The van der Waals surface area contributed by atoms with Crippen LogP contribution in [0.3, 0.4) is 0 Å². The molecule has 0 amide bonds. The van der Waals surface area contributed by atoms with Crippen LogP contribution in [0.2, 0.25) is 0 Å². The first-order chi connectivity index (χ1) is 14.9. The molecule has 0 radical (unpaired) electrons. The molecule has 0 fully saturated rings. The van der Waals surface area contributed by atoms with Crippen molar-refractivity contribution in [2.45, 2.75) is 33.7 Å². The Hall–Kier alpha value is -3.06. The zero-order valence-corrected chi connectivity index (χ0v) is 19.6. The van der Waals surface area contributed by atoms with Gasteiger partial charge in [-0.1, -0.05) is 30.3 Å². The largest absolute Gasteiger partial charge is 0.493 e. The van der Waals surface area contributed by atoms with E-state index in [1.54, 1.807) is 14.2 Å². The third-order valence-corrected chi connectivity index (χ3v) is 5.59. The molecule has 0 saturated heterocycles. The Morgan fingerprint density at radius 3 is 2.48 bits per heavy atom. The molecule has 0 aliphatic rings. The predicted octanol–water partition coefficient (Wildman–Crippen LogP) is 4.40. The Kier molecular flexibility index (Phi) is 7.52. The van der Waals surface area contributed by atoms with Crippen molar-refractivity contribution in [2.24, 2.45) is 0 Å². The first-order valence-electron chi connectivity index (χ1n) is 10.3. The molecular formula is C24H30N4O2S. The van der Waals surface area contributed by atoms with Gasteiger partial charge in [0, 0.05) is 6.54 Å². The maximum atomic E-state index is 5.51. The molecule has 2 aromatic carbocycles. The molecule has 3 aromatic rings. The van der Waals surface area contributed by atoms with Crippen molar-refractivity contribution < 1.29 is 9.47 Å². The lowest BCUT2D eigenvalue weighted by Gasteiger charge is -2.13. The Bertz CT molecular complexity index is 1060. The molecule has 2 N–H and O–H groups in total. The van der Waals surface area contributed by atoms with E-state index in [0.29, 0.717) is 11.7 Å². The molecule has 0 spiro atoms. The number of thiocarbonyl (C=S) groups is 1. The van der Waals surface area contributed by atoms with Gasteiger partial charge in [0.1, 0.15) is 0 Å². The molecule has 7 heteroatoms. The zero-order chi connectivity index (χ0) is 22.4. The minimum atomic E-state index is 0.585. The van der Waals surface area contributed by atoms with Crippen molar-refractivity contribution >= 4 is 23.0 Å². The van der Waals surface area contributed by atoms with Crippen molar-refractivity contribution in [3.8, 4) is 11.5 Å². The summed E-state index contributed by atoms with van der Waals surface area (Å²) in [6.07, 6.45) is 0.812. The summed E-state index contributed by atoms with van der Waals surface area (Å²) in [5, 5.41) is 11.9. The van der Waals surface area contributed by atoms with Gasteiger partial charge in [-0.3, -0.25) is 4.68 Å². The van der Waals surface area contributed by atoms with E-state index >= 15 is 0 Å². The number of hydrogen-bond donors (Lipinski definition) is 2. The van der Waals surface area contributed by atoms with Crippen LogP contribution in [0.15, 0.2) is 42.5 Å². The maximum Gasteiger partial charge on any atom is 0.170 e. The first-order valence-corrected chi connectivity index (χ1v) is 10.7. The monoisotopic (exact) mass is 438 g/mol. The van der Waals surface area contributed by atoms with Gasteiger partial charge >= 0.3 is 0 Å². The van der Waals surface area contributed by atoms with Crippen molar-refractivity contribution in [1.82, 2.24) is 15.1 Å². The maximum absolute atomic E-state index is 5.51. The van der Waals surface area contributed by atoms with Crippen LogP contribution in [0.1, 0.15) is 28.1 Å². The van der Waals surface area contributed by atoms with Crippen LogP contribution in [0.5, 0.6) is 11.5 Å². The summed E-state index contributed by atoms with van der Waals surface area (Å²) in [6, 6.07) is 14.3. The fourth-order valence-corrected chi connectivity index (χ4v) is 3.70. The van der Waals surface area contributed by atoms with Crippen LogP contribution < -0.4 is 20.1 Å². The van der Waals surface area contributed by atoms with Gasteiger partial charge in [0.15, 0.2) is 16.6 Å². The predicted molar refractivity (Wildman–Crippen MR) is 129 cm³/mol. The van der Waals surface area contributed by atoms with E-state index in [9.17, 15) is 0 Å². The average Bonchev–Trinajstić information content (AvgIpc) is 3.02. The fraction of sp³-hybridized carbons (Fsp3) is 0.333. The van der Waals surface area contributed by atoms with E-state index < -0.39 is 0 Å². The summed E-state index contributed by atoms with van der Waals surface area (Å²) in [6.45, 7) is 7.62. The minimum Gasteiger partial charge on any atom is -0.493 e. The summed E-state index contributed by atoms with van der Waals surface area (Å²) < 4.78 is 12.7. The van der Waals surface area contributed by atoms with Gasteiger partial charge in [-0.25, -0.2) is 0 Å². The number of ether oxygens (including phenoxy) is 2. The number of aromatic nitrogens is 2. The molecule has 0 aliphatic carbocycles. The van der Waals surface area contributed by atoms with Crippen LogP contribution in [0.25, 0.3) is 0 Å². The van der Waals surface area contributed by atoms with E-state index in [-0.39, 0.29) is 0 Å². The molecule has 0 aliphatic heterocycles. The molecule has 0 bridgehead atoms. The van der Waals surface area contributed by atoms with E-state index in [2.05, 4.69) is 48.7 Å². The van der Waals surface area contributed by atoms with E-state index in [0.717, 1.165) is 47.1 Å². The lowest BCUT2D eigenvalue weighted by molar-refractivity contribution is 0.354. The number of methoxy groups -OCH3 is 2. The number of aryl methyl sites for hydroxylation is 2. The van der Waals surface area contributed by atoms with Crippen LogP contribution >= 0.6 is 12.2 Å². The number of rotatable bonds is 8. The highest BCUT2D eigenvalue weighted by atomic mass is 32.1. The Labute approximate surface area is 189 Å².